The molecule has 158 valence electrons. The molecule has 0 fully saturated rings. The lowest BCUT2D eigenvalue weighted by atomic mass is 10.2. The van der Waals surface area contributed by atoms with Gasteiger partial charge in [0.15, 0.2) is 0 Å². The number of esters is 1. The van der Waals surface area contributed by atoms with Gasteiger partial charge < -0.3 is 14.7 Å². The van der Waals surface area contributed by atoms with E-state index in [4.69, 9.17) is 0 Å². The Balaban J connectivity index is 1.68. The van der Waals surface area contributed by atoms with Crippen LogP contribution in [0.15, 0.2) is 81.1 Å². The molecule has 0 atom stereocenters. The first-order valence-corrected chi connectivity index (χ1v) is 9.50. The highest BCUT2D eigenvalue weighted by molar-refractivity contribution is 5.92. The minimum absolute atomic E-state index is 0.0720. The van der Waals surface area contributed by atoms with Crippen LogP contribution in [0.25, 0.3) is 0 Å². The number of benzene rings is 3. The van der Waals surface area contributed by atoms with Crippen molar-refractivity contribution >= 4 is 34.4 Å². The summed E-state index contributed by atoms with van der Waals surface area (Å²) in [5.74, 6) is -0.831. The SMILES string of the molecule is COC(=O)c1ccc(/N=N/c2ccc(/N=N/c3ccc(N(C)C)cc3C)cc2)cc1O. The molecule has 0 saturated carbocycles. The lowest BCUT2D eigenvalue weighted by Gasteiger charge is -2.13. The Morgan fingerprint density at radius 3 is 1.97 bits per heavy atom. The fourth-order valence-electron chi connectivity index (χ4n) is 2.71. The summed E-state index contributed by atoms with van der Waals surface area (Å²) in [6.45, 7) is 2.00. The van der Waals surface area contributed by atoms with Gasteiger partial charge in [0, 0.05) is 25.8 Å². The van der Waals surface area contributed by atoms with Crippen LogP contribution in [0.4, 0.5) is 28.4 Å². The highest BCUT2D eigenvalue weighted by Crippen LogP contribution is 2.28. The molecular weight excluding hydrogens is 394 g/mol. The minimum atomic E-state index is -0.616. The molecule has 3 rings (SSSR count). The molecule has 0 aliphatic heterocycles. The van der Waals surface area contributed by atoms with Gasteiger partial charge in [-0.1, -0.05) is 0 Å². The molecule has 3 aromatic rings. The summed E-state index contributed by atoms with van der Waals surface area (Å²) in [7, 11) is 5.24. The number of azo groups is 2. The fraction of sp³-hybridized carbons (Fsp3) is 0.174. The van der Waals surface area contributed by atoms with Gasteiger partial charge >= 0.3 is 5.97 Å². The average Bonchev–Trinajstić information content (AvgIpc) is 2.77. The smallest absolute Gasteiger partial charge is 0.341 e. The van der Waals surface area contributed by atoms with E-state index in [-0.39, 0.29) is 11.3 Å². The van der Waals surface area contributed by atoms with Crippen molar-refractivity contribution in [3.8, 4) is 5.75 Å². The van der Waals surface area contributed by atoms with Crippen LogP contribution in [-0.2, 0) is 4.74 Å². The topological polar surface area (TPSA) is 99.2 Å². The molecule has 0 spiro atoms. The third-order valence-electron chi connectivity index (χ3n) is 4.49. The molecule has 3 aromatic carbocycles. The Bertz CT molecular complexity index is 1140. The van der Waals surface area contributed by atoms with Gasteiger partial charge in [-0.3, -0.25) is 0 Å². The second-order valence-electron chi connectivity index (χ2n) is 6.97. The minimum Gasteiger partial charge on any atom is -0.507 e. The number of carbonyl (C=O) groups excluding carboxylic acids is 1. The van der Waals surface area contributed by atoms with Gasteiger partial charge in [0.05, 0.1) is 29.9 Å². The van der Waals surface area contributed by atoms with Gasteiger partial charge in [0.2, 0.25) is 0 Å². The zero-order valence-corrected chi connectivity index (χ0v) is 17.8. The van der Waals surface area contributed by atoms with Gasteiger partial charge in [-0.15, -0.1) is 0 Å². The van der Waals surface area contributed by atoms with Crippen molar-refractivity contribution in [2.45, 2.75) is 6.92 Å². The lowest BCUT2D eigenvalue weighted by Crippen LogP contribution is -2.08. The van der Waals surface area contributed by atoms with Gasteiger partial charge in [0.1, 0.15) is 11.3 Å². The van der Waals surface area contributed by atoms with Gasteiger partial charge in [-0.2, -0.15) is 20.5 Å². The Kier molecular flexibility index (Phi) is 6.71. The predicted octanol–water partition coefficient (Wildman–Crippen LogP) is 6.38. The number of anilines is 1. The number of rotatable bonds is 6. The predicted molar refractivity (Wildman–Crippen MR) is 120 cm³/mol. The number of phenols is 1. The maximum Gasteiger partial charge on any atom is 0.341 e. The van der Waals surface area contributed by atoms with E-state index in [1.165, 1.54) is 19.2 Å². The van der Waals surface area contributed by atoms with Crippen LogP contribution in [0.1, 0.15) is 15.9 Å². The van der Waals surface area contributed by atoms with Crippen LogP contribution in [0.2, 0.25) is 0 Å². The van der Waals surface area contributed by atoms with Crippen molar-refractivity contribution in [3.05, 3.63) is 71.8 Å². The van der Waals surface area contributed by atoms with Crippen LogP contribution in [-0.4, -0.2) is 32.3 Å². The van der Waals surface area contributed by atoms with Crippen molar-refractivity contribution in [2.24, 2.45) is 20.5 Å². The van der Waals surface area contributed by atoms with E-state index in [0.29, 0.717) is 17.1 Å². The summed E-state index contributed by atoms with van der Waals surface area (Å²) < 4.78 is 4.60. The number of nitrogens with zero attached hydrogens (tertiary/aromatic N) is 5. The average molecular weight is 417 g/mol. The molecule has 8 heteroatoms. The quantitative estimate of drug-likeness (QED) is 0.371. The standard InChI is InChI=1S/C23H23N5O3/c1-15-13-19(28(2)3)10-12-21(15)27-25-17-7-5-16(6-8-17)24-26-18-9-11-20(22(29)14-18)23(30)31-4/h5-14,29H,1-4H3/b26-24+,27-25+. The molecule has 0 amide bonds. The van der Waals surface area contributed by atoms with Gasteiger partial charge in [0.25, 0.3) is 0 Å². The summed E-state index contributed by atoms with van der Waals surface area (Å²) in [4.78, 5) is 13.5. The van der Waals surface area contributed by atoms with Gasteiger partial charge in [-0.05, 0) is 67.1 Å². The van der Waals surface area contributed by atoms with E-state index in [1.807, 2.05) is 38.1 Å². The zero-order valence-electron chi connectivity index (χ0n) is 17.8. The van der Waals surface area contributed by atoms with Crippen LogP contribution < -0.4 is 4.90 Å². The molecule has 0 aliphatic rings. The van der Waals surface area contributed by atoms with Crippen molar-refractivity contribution < 1.29 is 14.6 Å². The molecule has 8 nitrogen and oxygen atoms in total. The monoisotopic (exact) mass is 417 g/mol. The van der Waals surface area contributed by atoms with Gasteiger partial charge in [-0.25, -0.2) is 4.79 Å². The highest BCUT2D eigenvalue weighted by Gasteiger charge is 2.11. The second-order valence-corrected chi connectivity index (χ2v) is 6.97. The van der Waals surface area contributed by atoms with Crippen molar-refractivity contribution in [1.82, 2.24) is 0 Å². The Morgan fingerprint density at radius 1 is 0.839 bits per heavy atom. The number of hydrogen-bond donors (Lipinski definition) is 1. The summed E-state index contributed by atoms with van der Waals surface area (Å²) in [5.41, 5.74) is 4.75. The molecule has 0 aliphatic carbocycles. The fourth-order valence-corrected chi connectivity index (χ4v) is 2.71. The van der Waals surface area contributed by atoms with E-state index in [2.05, 4.69) is 31.3 Å². The van der Waals surface area contributed by atoms with Crippen LogP contribution in [0.5, 0.6) is 5.75 Å². The molecule has 0 saturated heterocycles. The first-order chi connectivity index (χ1) is 14.9. The van der Waals surface area contributed by atoms with E-state index in [0.717, 1.165) is 16.9 Å². The highest BCUT2D eigenvalue weighted by atomic mass is 16.5. The summed E-state index contributed by atoms with van der Waals surface area (Å²) in [6.07, 6.45) is 0. The third-order valence-corrected chi connectivity index (χ3v) is 4.49. The molecule has 0 unspecified atom stereocenters. The first-order valence-electron chi connectivity index (χ1n) is 9.50. The maximum absolute atomic E-state index is 11.5. The molecule has 0 bridgehead atoms. The van der Waals surface area contributed by atoms with Crippen LogP contribution in [0, 0.1) is 6.92 Å². The number of hydrogen-bond acceptors (Lipinski definition) is 8. The number of ether oxygens (including phenoxy) is 1. The van der Waals surface area contributed by atoms with Crippen molar-refractivity contribution in [2.75, 3.05) is 26.1 Å². The first kappa shape index (κ1) is 21.6. The molecule has 0 heterocycles. The number of carbonyl (C=O) groups is 1. The zero-order chi connectivity index (χ0) is 22.4. The third kappa shape index (κ3) is 5.51. The number of aryl methyl sites for hydroxylation is 1. The number of methoxy groups -OCH3 is 1. The van der Waals surface area contributed by atoms with E-state index < -0.39 is 5.97 Å². The summed E-state index contributed by atoms with van der Waals surface area (Å²) in [5, 5.41) is 26.7. The van der Waals surface area contributed by atoms with E-state index >= 15 is 0 Å². The molecule has 0 aromatic heterocycles. The van der Waals surface area contributed by atoms with Crippen LogP contribution in [0.3, 0.4) is 0 Å². The number of aromatic hydroxyl groups is 1. The molecule has 0 radical (unpaired) electrons. The second kappa shape index (κ2) is 9.62. The molecule has 31 heavy (non-hydrogen) atoms. The van der Waals surface area contributed by atoms with E-state index in [1.54, 1.807) is 30.3 Å². The normalized spacial score (nSPS) is 11.2. The van der Waals surface area contributed by atoms with E-state index in [9.17, 15) is 9.90 Å². The largest absolute Gasteiger partial charge is 0.507 e. The lowest BCUT2D eigenvalue weighted by molar-refractivity contribution is 0.0597. The van der Waals surface area contributed by atoms with Crippen molar-refractivity contribution in [3.63, 3.8) is 0 Å². The Labute approximate surface area is 180 Å². The molecular formula is C23H23N5O3. The van der Waals surface area contributed by atoms with Crippen molar-refractivity contribution in [1.29, 1.82) is 0 Å². The van der Waals surface area contributed by atoms with Crippen LogP contribution >= 0.6 is 0 Å². The molecule has 1 N–H and O–H groups in total. The number of phenolic OH excluding ortho intramolecular Hbond substituents is 1. The Hall–Kier alpha value is -4.07. The maximum atomic E-state index is 11.5. The Morgan fingerprint density at radius 2 is 1.42 bits per heavy atom. The summed E-state index contributed by atoms with van der Waals surface area (Å²) >= 11 is 0. The summed E-state index contributed by atoms with van der Waals surface area (Å²) in [6, 6.07) is 17.5.